The van der Waals surface area contributed by atoms with Crippen LogP contribution in [0.25, 0.3) is 9.53 Å². The fraction of sp³-hybridized carbons (Fsp3) is 0.316. The number of nitrogens with one attached hydrogen (secondary N) is 2. The highest BCUT2D eigenvalue weighted by molar-refractivity contribution is 7.29. The van der Waals surface area contributed by atoms with Crippen molar-refractivity contribution < 1.29 is 9.59 Å². The van der Waals surface area contributed by atoms with Gasteiger partial charge in [-0.3, -0.25) is 9.59 Å². The Morgan fingerprint density at radius 3 is 2.33 bits per heavy atom. The normalized spacial score (nSPS) is 10.8. The third-order valence-electron chi connectivity index (χ3n) is 4.08. The minimum atomic E-state index is -0.166. The Bertz CT molecular complexity index is 911. The molecular formula is C19H22N4O2S2. The first kappa shape index (κ1) is 19.3. The van der Waals surface area contributed by atoms with E-state index in [-0.39, 0.29) is 11.8 Å². The second-order valence-electron chi connectivity index (χ2n) is 5.84. The molecule has 0 unspecified atom stereocenters. The molecule has 0 saturated heterocycles. The molecule has 0 aliphatic carbocycles. The molecule has 2 N–H and O–H groups in total. The van der Waals surface area contributed by atoms with Gasteiger partial charge in [-0.25, -0.2) is 4.98 Å². The zero-order valence-electron chi connectivity index (χ0n) is 15.5. The number of fused-ring (bicyclic) bond motifs is 1. The number of thiophene rings is 1. The summed E-state index contributed by atoms with van der Waals surface area (Å²) >= 11 is 3.00. The third-order valence-corrected chi connectivity index (χ3v) is 6.30. The van der Waals surface area contributed by atoms with Crippen LogP contribution in [0.3, 0.4) is 0 Å². The molecule has 8 heteroatoms. The summed E-state index contributed by atoms with van der Waals surface area (Å²) in [6.45, 7) is 8.49. The second-order valence-corrected chi connectivity index (χ2v) is 7.88. The molecule has 2 heterocycles. The van der Waals surface area contributed by atoms with E-state index in [1.807, 2.05) is 13.0 Å². The lowest BCUT2D eigenvalue weighted by atomic mass is 10.2. The Hall–Kier alpha value is -2.45. The molecule has 0 spiro atoms. The molecule has 3 rings (SSSR count). The molecule has 2 amide bonds. The minimum Gasteiger partial charge on any atom is -0.352 e. The van der Waals surface area contributed by atoms with E-state index in [4.69, 9.17) is 0 Å². The molecule has 27 heavy (non-hydrogen) atoms. The number of thiazole rings is 1. The quantitative estimate of drug-likeness (QED) is 0.621. The van der Waals surface area contributed by atoms with Crippen molar-refractivity contribution in [2.75, 3.05) is 29.9 Å². The number of amides is 2. The lowest BCUT2D eigenvalue weighted by molar-refractivity contribution is 0.0955. The van der Waals surface area contributed by atoms with Gasteiger partial charge in [0.15, 0.2) is 5.13 Å². The first-order valence-corrected chi connectivity index (χ1v) is 10.5. The van der Waals surface area contributed by atoms with E-state index in [2.05, 4.69) is 34.4 Å². The van der Waals surface area contributed by atoms with Crippen molar-refractivity contribution in [2.45, 2.75) is 20.8 Å². The molecule has 2 aromatic heterocycles. The van der Waals surface area contributed by atoms with Crippen molar-refractivity contribution in [3.8, 4) is 0 Å². The minimum absolute atomic E-state index is 0.121. The topological polar surface area (TPSA) is 74.3 Å². The molecule has 0 bridgehead atoms. The van der Waals surface area contributed by atoms with Gasteiger partial charge in [0, 0.05) is 30.9 Å². The largest absolute Gasteiger partial charge is 0.352 e. The van der Waals surface area contributed by atoms with Gasteiger partial charge in [0.25, 0.3) is 11.8 Å². The highest BCUT2D eigenvalue weighted by Crippen LogP contribution is 2.34. The number of benzene rings is 1. The number of carbonyl (C=O) groups is 2. The molecule has 142 valence electrons. The van der Waals surface area contributed by atoms with Gasteiger partial charge in [-0.15, -0.1) is 11.3 Å². The van der Waals surface area contributed by atoms with Crippen LogP contribution in [0.1, 0.15) is 40.8 Å². The smallest absolute Gasteiger partial charge is 0.265 e. The molecule has 0 saturated carbocycles. The van der Waals surface area contributed by atoms with Gasteiger partial charge in [-0.1, -0.05) is 11.3 Å². The number of carbonyl (C=O) groups excluding carboxylic acids is 2. The average Bonchev–Trinajstić information content (AvgIpc) is 3.23. The van der Waals surface area contributed by atoms with Crippen LogP contribution >= 0.6 is 22.7 Å². The van der Waals surface area contributed by atoms with Crippen LogP contribution in [-0.4, -0.2) is 36.4 Å². The van der Waals surface area contributed by atoms with E-state index in [9.17, 15) is 9.59 Å². The molecule has 0 fully saturated rings. The lowest BCUT2D eigenvalue weighted by Gasteiger charge is -2.16. The van der Waals surface area contributed by atoms with Gasteiger partial charge in [0.1, 0.15) is 4.83 Å². The zero-order valence-corrected chi connectivity index (χ0v) is 17.2. The van der Waals surface area contributed by atoms with Crippen LogP contribution in [0.15, 0.2) is 30.3 Å². The number of hydrogen-bond donors (Lipinski definition) is 2. The first-order valence-electron chi connectivity index (χ1n) is 8.90. The Balaban J connectivity index is 1.70. The summed E-state index contributed by atoms with van der Waals surface area (Å²) in [4.78, 5) is 32.7. The molecule has 3 aromatic rings. The lowest BCUT2D eigenvalue weighted by Crippen LogP contribution is -2.22. The maximum absolute atomic E-state index is 12.5. The summed E-state index contributed by atoms with van der Waals surface area (Å²) in [6, 6.07) is 8.75. The number of anilines is 2. The van der Waals surface area contributed by atoms with Crippen LogP contribution in [-0.2, 0) is 0 Å². The molecule has 0 radical (unpaired) electrons. The van der Waals surface area contributed by atoms with E-state index < -0.39 is 0 Å². The summed E-state index contributed by atoms with van der Waals surface area (Å²) in [7, 11) is 0. The van der Waals surface area contributed by atoms with Crippen molar-refractivity contribution in [2.24, 2.45) is 0 Å². The fourth-order valence-corrected chi connectivity index (χ4v) is 4.86. The van der Waals surface area contributed by atoms with Crippen molar-refractivity contribution in [3.05, 3.63) is 40.8 Å². The van der Waals surface area contributed by atoms with Gasteiger partial charge in [0.05, 0.1) is 9.58 Å². The second kappa shape index (κ2) is 8.49. The molecule has 0 atom stereocenters. The fourth-order valence-electron chi connectivity index (χ4n) is 2.63. The molecule has 0 aliphatic heterocycles. The Morgan fingerprint density at radius 1 is 1.04 bits per heavy atom. The number of aromatic nitrogens is 1. The summed E-state index contributed by atoms with van der Waals surface area (Å²) < 4.78 is 1.03. The van der Waals surface area contributed by atoms with Crippen LogP contribution in [0, 0.1) is 0 Å². The molecule has 0 aliphatic rings. The van der Waals surface area contributed by atoms with Crippen LogP contribution < -0.4 is 15.5 Å². The van der Waals surface area contributed by atoms with Gasteiger partial charge in [0.2, 0.25) is 0 Å². The van der Waals surface area contributed by atoms with Crippen molar-refractivity contribution in [3.63, 3.8) is 0 Å². The summed E-state index contributed by atoms with van der Waals surface area (Å²) in [6.07, 6.45) is 0. The Labute approximate surface area is 166 Å². The van der Waals surface area contributed by atoms with E-state index in [0.717, 1.165) is 27.8 Å². The first-order chi connectivity index (χ1) is 13.0. The van der Waals surface area contributed by atoms with Crippen LogP contribution in [0.4, 0.5) is 10.8 Å². The maximum Gasteiger partial charge on any atom is 0.265 e. The number of hydrogen-bond acceptors (Lipinski definition) is 6. The Kier molecular flexibility index (Phi) is 6.08. The van der Waals surface area contributed by atoms with Crippen LogP contribution in [0.2, 0.25) is 0 Å². The third kappa shape index (κ3) is 4.28. The monoisotopic (exact) mass is 402 g/mol. The Morgan fingerprint density at radius 2 is 1.74 bits per heavy atom. The predicted octanol–water partition coefficient (Wildman–Crippen LogP) is 4.21. The SMILES string of the molecule is CCNC(=O)c1ccc(NC(=O)c2cc3sc(N(CC)CC)nc3s2)cc1. The van der Waals surface area contributed by atoms with Gasteiger partial charge < -0.3 is 15.5 Å². The van der Waals surface area contributed by atoms with Crippen molar-refractivity contribution >= 4 is 54.8 Å². The van der Waals surface area contributed by atoms with E-state index in [1.165, 1.54) is 11.3 Å². The van der Waals surface area contributed by atoms with E-state index >= 15 is 0 Å². The summed E-state index contributed by atoms with van der Waals surface area (Å²) in [5.74, 6) is -0.288. The predicted molar refractivity (Wildman–Crippen MR) is 113 cm³/mol. The van der Waals surface area contributed by atoms with Crippen molar-refractivity contribution in [1.82, 2.24) is 10.3 Å². The number of rotatable bonds is 7. The number of nitrogens with zero attached hydrogens (tertiary/aromatic N) is 2. The standard InChI is InChI=1S/C19H22N4O2S2/c1-4-20-16(24)12-7-9-13(10-8-12)21-17(25)14-11-15-18(26-14)22-19(27-15)23(5-2)6-3/h7-11H,4-6H2,1-3H3,(H,20,24)(H,21,25). The maximum atomic E-state index is 12.5. The summed E-state index contributed by atoms with van der Waals surface area (Å²) in [5, 5.41) is 6.61. The van der Waals surface area contributed by atoms with Gasteiger partial charge >= 0.3 is 0 Å². The van der Waals surface area contributed by atoms with E-state index in [1.54, 1.807) is 35.6 Å². The molecule has 1 aromatic carbocycles. The van der Waals surface area contributed by atoms with Crippen molar-refractivity contribution in [1.29, 1.82) is 0 Å². The molecular weight excluding hydrogens is 380 g/mol. The zero-order chi connectivity index (χ0) is 19.4. The van der Waals surface area contributed by atoms with E-state index in [0.29, 0.717) is 22.7 Å². The van der Waals surface area contributed by atoms with Gasteiger partial charge in [-0.2, -0.15) is 0 Å². The highest BCUT2D eigenvalue weighted by atomic mass is 32.1. The summed E-state index contributed by atoms with van der Waals surface area (Å²) in [5.41, 5.74) is 1.22. The van der Waals surface area contributed by atoms with Crippen LogP contribution in [0.5, 0.6) is 0 Å². The highest BCUT2D eigenvalue weighted by Gasteiger charge is 2.16. The van der Waals surface area contributed by atoms with Gasteiger partial charge in [-0.05, 0) is 51.1 Å². The molecule has 6 nitrogen and oxygen atoms in total. The average molecular weight is 403 g/mol.